The second-order valence-corrected chi connectivity index (χ2v) is 7.98. The van der Waals surface area contributed by atoms with E-state index in [1.54, 1.807) is 6.08 Å². The molecule has 3 aromatic rings. The van der Waals surface area contributed by atoms with Crippen LogP contribution in [0.1, 0.15) is 22.5 Å². The Hall–Kier alpha value is -3.06. The van der Waals surface area contributed by atoms with Gasteiger partial charge >= 0.3 is 0 Å². The predicted octanol–water partition coefficient (Wildman–Crippen LogP) is 4.70. The van der Waals surface area contributed by atoms with Crippen LogP contribution in [0.4, 0.5) is 5.69 Å². The van der Waals surface area contributed by atoms with Gasteiger partial charge in [0, 0.05) is 12.2 Å². The van der Waals surface area contributed by atoms with E-state index in [-0.39, 0.29) is 11.7 Å². The highest BCUT2D eigenvalue weighted by atomic mass is 32.2. The van der Waals surface area contributed by atoms with Crippen LogP contribution in [0.15, 0.2) is 60.3 Å². The van der Waals surface area contributed by atoms with Gasteiger partial charge in [-0.05, 0) is 56.2 Å². The zero-order chi connectivity index (χ0) is 21.5. The van der Waals surface area contributed by atoms with Gasteiger partial charge in [0.05, 0.1) is 5.75 Å². The fraction of sp³-hybridized carbons (Fsp3) is 0.261. The number of carbonyl (C=O) groups is 1. The Morgan fingerprint density at radius 2 is 1.90 bits per heavy atom. The van der Waals surface area contributed by atoms with Gasteiger partial charge in [0.1, 0.15) is 12.4 Å². The monoisotopic (exact) mass is 422 g/mol. The summed E-state index contributed by atoms with van der Waals surface area (Å²) in [7, 11) is 0. The number of thioether (sulfide) groups is 1. The SMILES string of the molecule is C=CCn1c(COc2ccc(C)cc2)nnc1SCC(=O)Nc1ccc(C)c(C)c1. The van der Waals surface area contributed by atoms with Crippen molar-refractivity contribution in [2.45, 2.75) is 39.1 Å². The molecule has 0 spiro atoms. The summed E-state index contributed by atoms with van der Waals surface area (Å²) < 4.78 is 7.74. The quantitative estimate of drug-likeness (QED) is 0.400. The van der Waals surface area contributed by atoms with Crippen LogP contribution < -0.4 is 10.1 Å². The molecule has 156 valence electrons. The first-order chi connectivity index (χ1) is 14.5. The van der Waals surface area contributed by atoms with Gasteiger partial charge in [0.25, 0.3) is 0 Å². The molecule has 0 saturated heterocycles. The molecule has 0 fully saturated rings. The topological polar surface area (TPSA) is 69.0 Å². The first-order valence-electron chi connectivity index (χ1n) is 9.68. The van der Waals surface area contributed by atoms with Crippen LogP contribution in [0.2, 0.25) is 0 Å². The number of nitrogens with one attached hydrogen (secondary N) is 1. The van der Waals surface area contributed by atoms with Crippen LogP contribution in [-0.4, -0.2) is 26.4 Å². The molecule has 1 heterocycles. The minimum Gasteiger partial charge on any atom is -0.486 e. The minimum absolute atomic E-state index is 0.0890. The highest BCUT2D eigenvalue weighted by Gasteiger charge is 2.14. The first-order valence-corrected chi connectivity index (χ1v) is 10.7. The summed E-state index contributed by atoms with van der Waals surface area (Å²) in [5.41, 5.74) is 4.31. The van der Waals surface area contributed by atoms with Crippen LogP contribution in [0.25, 0.3) is 0 Å². The van der Waals surface area contributed by atoms with Crippen molar-refractivity contribution in [3.05, 3.63) is 77.6 Å². The molecule has 7 heteroatoms. The summed E-state index contributed by atoms with van der Waals surface area (Å²) in [5, 5.41) is 12.1. The van der Waals surface area contributed by atoms with E-state index in [0.717, 1.165) is 17.0 Å². The fourth-order valence-corrected chi connectivity index (χ4v) is 3.54. The van der Waals surface area contributed by atoms with Crippen molar-refractivity contribution in [1.29, 1.82) is 0 Å². The molecule has 0 unspecified atom stereocenters. The number of carbonyl (C=O) groups excluding carboxylic acids is 1. The molecule has 0 aliphatic heterocycles. The van der Waals surface area contributed by atoms with Gasteiger partial charge in [-0.1, -0.05) is 41.6 Å². The summed E-state index contributed by atoms with van der Waals surface area (Å²) in [6, 6.07) is 13.7. The molecule has 1 amide bonds. The van der Waals surface area contributed by atoms with Gasteiger partial charge in [-0.25, -0.2) is 0 Å². The summed E-state index contributed by atoms with van der Waals surface area (Å²) in [5.74, 6) is 1.61. The van der Waals surface area contributed by atoms with E-state index in [2.05, 4.69) is 22.1 Å². The van der Waals surface area contributed by atoms with Gasteiger partial charge in [-0.15, -0.1) is 16.8 Å². The van der Waals surface area contributed by atoms with E-state index in [4.69, 9.17) is 4.74 Å². The Morgan fingerprint density at radius 1 is 1.13 bits per heavy atom. The number of aromatic nitrogens is 3. The van der Waals surface area contributed by atoms with Crippen molar-refractivity contribution >= 4 is 23.4 Å². The highest BCUT2D eigenvalue weighted by molar-refractivity contribution is 7.99. The normalized spacial score (nSPS) is 10.6. The van der Waals surface area contributed by atoms with Gasteiger partial charge in [-0.3, -0.25) is 9.36 Å². The number of ether oxygens (including phenoxy) is 1. The van der Waals surface area contributed by atoms with Crippen molar-refractivity contribution in [3.8, 4) is 5.75 Å². The van der Waals surface area contributed by atoms with E-state index in [9.17, 15) is 4.79 Å². The lowest BCUT2D eigenvalue weighted by molar-refractivity contribution is -0.113. The summed E-state index contributed by atoms with van der Waals surface area (Å²) >= 11 is 1.34. The molecule has 0 bridgehead atoms. The third-order valence-corrected chi connectivity index (χ3v) is 5.58. The van der Waals surface area contributed by atoms with Gasteiger partial charge in [0.15, 0.2) is 11.0 Å². The van der Waals surface area contributed by atoms with Gasteiger partial charge < -0.3 is 10.1 Å². The van der Waals surface area contributed by atoms with E-state index < -0.39 is 0 Å². The zero-order valence-corrected chi connectivity index (χ0v) is 18.3. The predicted molar refractivity (Wildman–Crippen MR) is 121 cm³/mol. The molecule has 0 aliphatic rings. The Bertz CT molecular complexity index is 1030. The molecule has 0 radical (unpaired) electrons. The highest BCUT2D eigenvalue weighted by Crippen LogP contribution is 2.20. The molecule has 1 aromatic heterocycles. The first kappa shape index (κ1) is 21.6. The third kappa shape index (κ3) is 5.73. The van der Waals surface area contributed by atoms with Crippen molar-refractivity contribution < 1.29 is 9.53 Å². The van der Waals surface area contributed by atoms with Crippen molar-refractivity contribution in [3.63, 3.8) is 0 Å². The number of aryl methyl sites for hydroxylation is 3. The van der Waals surface area contributed by atoms with Crippen molar-refractivity contribution in [2.24, 2.45) is 0 Å². The molecular weight excluding hydrogens is 396 g/mol. The Balaban J connectivity index is 1.60. The molecule has 30 heavy (non-hydrogen) atoms. The zero-order valence-electron chi connectivity index (χ0n) is 17.5. The Morgan fingerprint density at radius 3 is 2.60 bits per heavy atom. The molecular formula is C23H26N4O2S. The lowest BCUT2D eigenvalue weighted by atomic mass is 10.1. The minimum atomic E-state index is -0.0890. The van der Waals surface area contributed by atoms with Gasteiger partial charge in [0.2, 0.25) is 5.91 Å². The maximum absolute atomic E-state index is 12.4. The van der Waals surface area contributed by atoms with Crippen LogP contribution >= 0.6 is 11.8 Å². The maximum Gasteiger partial charge on any atom is 0.234 e. The number of allylic oxidation sites excluding steroid dienone is 1. The fourth-order valence-electron chi connectivity index (χ4n) is 2.77. The average molecular weight is 423 g/mol. The number of amides is 1. The standard InChI is InChI=1S/C23H26N4O2S/c1-5-12-27-21(14-29-20-10-6-16(2)7-11-20)25-26-23(27)30-15-22(28)24-19-9-8-17(3)18(4)13-19/h5-11,13H,1,12,14-15H2,2-4H3,(H,24,28). The molecule has 6 nitrogen and oxygen atoms in total. The number of benzene rings is 2. The number of hydrogen-bond donors (Lipinski definition) is 1. The van der Waals surface area contributed by atoms with Crippen molar-refractivity contribution in [1.82, 2.24) is 14.8 Å². The maximum atomic E-state index is 12.4. The van der Waals surface area contributed by atoms with Crippen LogP contribution in [0, 0.1) is 20.8 Å². The van der Waals surface area contributed by atoms with E-state index in [1.165, 1.54) is 22.9 Å². The Labute approximate surface area is 181 Å². The molecule has 0 aliphatic carbocycles. The summed E-state index contributed by atoms with van der Waals surface area (Å²) in [4.78, 5) is 12.4. The van der Waals surface area contributed by atoms with Crippen LogP contribution in [-0.2, 0) is 17.9 Å². The van der Waals surface area contributed by atoms with Gasteiger partial charge in [-0.2, -0.15) is 0 Å². The number of hydrogen-bond acceptors (Lipinski definition) is 5. The summed E-state index contributed by atoms with van der Waals surface area (Å²) in [6.45, 7) is 10.7. The van der Waals surface area contributed by atoms with Crippen LogP contribution in [0.5, 0.6) is 5.75 Å². The second-order valence-electron chi connectivity index (χ2n) is 7.04. The largest absolute Gasteiger partial charge is 0.486 e. The number of nitrogens with zero attached hydrogens (tertiary/aromatic N) is 3. The Kier molecular flexibility index (Phi) is 7.30. The summed E-state index contributed by atoms with van der Waals surface area (Å²) in [6.07, 6.45) is 1.78. The average Bonchev–Trinajstić information content (AvgIpc) is 3.11. The number of rotatable bonds is 9. The molecule has 3 rings (SSSR count). The third-order valence-electron chi connectivity index (χ3n) is 4.62. The van der Waals surface area contributed by atoms with E-state index in [1.807, 2.05) is 67.8 Å². The smallest absolute Gasteiger partial charge is 0.234 e. The molecule has 2 aromatic carbocycles. The molecule has 1 N–H and O–H groups in total. The van der Waals surface area contributed by atoms with E-state index >= 15 is 0 Å². The number of anilines is 1. The second kappa shape index (κ2) is 10.1. The lowest BCUT2D eigenvalue weighted by Gasteiger charge is -2.10. The molecule has 0 saturated carbocycles. The lowest BCUT2D eigenvalue weighted by Crippen LogP contribution is -2.15. The van der Waals surface area contributed by atoms with E-state index in [0.29, 0.717) is 24.1 Å². The molecule has 0 atom stereocenters. The van der Waals surface area contributed by atoms with Crippen molar-refractivity contribution in [2.75, 3.05) is 11.1 Å². The van der Waals surface area contributed by atoms with Crippen LogP contribution in [0.3, 0.4) is 0 Å².